The van der Waals surface area contributed by atoms with Gasteiger partial charge in [0.25, 0.3) is 0 Å². The van der Waals surface area contributed by atoms with Gasteiger partial charge in [-0.05, 0) is 19.1 Å². The molecule has 0 aliphatic rings. The minimum absolute atomic E-state index is 0.773. The van der Waals surface area contributed by atoms with E-state index in [1.54, 1.807) is 11.8 Å². The Kier molecular flexibility index (Phi) is 4.15. The van der Waals surface area contributed by atoms with E-state index in [0.717, 1.165) is 22.3 Å². The van der Waals surface area contributed by atoms with Crippen LogP contribution in [0.3, 0.4) is 0 Å². The second-order valence-corrected chi connectivity index (χ2v) is 4.37. The molecule has 0 aliphatic heterocycles. The largest absolute Gasteiger partial charge is 0.279 e. The van der Waals surface area contributed by atoms with E-state index >= 15 is 0 Å². The lowest BCUT2D eigenvalue weighted by Crippen LogP contribution is -2.00. The maximum Gasteiger partial charge on any atom is 0.183 e. The van der Waals surface area contributed by atoms with E-state index in [2.05, 4.69) is 25.7 Å². The summed E-state index contributed by atoms with van der Waals surface area (Å²) < 4.78 is 0. The molecule has 0 fully saturated rings. The molecule has 1 heterocycles. The van der Waals surface area contributed by atoms with E-state index < -0.39 is 0 Å². The summed E-state index contributed by atoms with van der Waals surface area (Å²) >= 11 is 1.57. The van der Waals surface area contributed by atoms with E-state index in [1.807, 2.05) is 37.3 Å². The maximum atomic E-state index is 4.28. The molecule has 2 rings (SSSR count). The van der Waals surface area contributed by atoms with E-state index in [4.69, 9.17) is 0 Å². The standard InChI is InChI=1S/C11H13N5S/c1-9(7-17-11-12-8-13-16-11)14-15-10-5-3-2-4-6-10/h2-6,8,15H,7H2,1H3,(H,12,13,16). The van der Waals surface area contributed by atoms with Crippen LogP contribution in [0.1, 0.15) is 6.92 Å². The summed E-state index contributed by atoms with van der Waals surface area (Å²) in [6.45, 7) is 1.97. The summed E-state index contributed by atoms with van der Waals surface area (Å²) in [5.41, 5.74) is 4.98. The molecule has 5 nitrogen and oxygen atoms in total. The molecular formula is C11H13N5S. The summed E-state index contributed by atoms with van der Waals surface area (Å²) in [6, 6.07) is 9.86. The normalized spacial score (nSPS) is 11.5. The van der Waals surface area contributed by atoms with Crippen LogP contribution in [0.4, 0.5) is 5.69 Å². The predicted octanol–water partition coefficient (Wildman–Crippen LogP) is 2.38. The zero-order chi connectivity index (χ0) is 11.9. The van der Waals surface area contributed by atoms with Gasteiger partial charge in [-0.2, -0.15) is 10.2 Å². The molecule has 0 spiro atoms. The Balaban J connectivity index is 1.81. The number of aromatic amines is 1. The Morgan fingerprint density at radius 2 is 2.24 bits per heavy atom. The molecule has 2 aromatic rings. The number of anilines is 1. The number of hydrazone groups is 1. The predicted molar refractivity (Wildman–Crippen MR) is 70.3 cm³/mol. The van der Waals surface area contributed by atoms with E-state index in [1.165, 1.54) is 6.33 Å². The fraction of sp³-hybridized carbons (Fsp3) is 0.182. The zero-order valence-corrected chi connectivity index (χ0v) is 10.2. The first-order valence-corrected chi connectivity index (χ1v) is 6.15. The molecule has 6 heteroatoms. The van der Waals surface area contributed by atoms with Crippen molar-refractivity contribution in [2.45, 2.75) is 12.1 Å². The van der Waals surface area contributed by atoms with Crippen molar-refractivity contribution in [3.63, 3.8) is 0 Å². The van der Waals surface area contributed by atoms with E-state index in [-0.39, 0.29) is 0 Å². The number of para-hydroxylation sites is 1. The van der Waals surface area contributed by atoms with Crippen molar-refractivity contribution in [2.75, 3.05) is 11.2 Å². The third kappa shape index (κ3) is 3.92. The Morgan fingerprint density at radius 1 is 1.41 bits per heavy atom. The van der Waals surface area contributed by atoms with Gasteiger partial charge in [-0.1, -0.05) is 30.0 Å². The molecule has 0 saturated heterocycles. The highest BCUT2D eigenvalue weighted by Gasteiger charge is 1.98. The third-order valence-corrected chi connectivity index (χ3v) is 2.99. The highest BCUT2D eigenvalue weighted by atomic mass is 32.2. The van der Waals surface area contributed by atoms with Crippen LogP contribution in [0.25, 0.3) is 0 Å². The first kappa shape index (κ1) is 11.7. The van der Waals surface area contributed by atoms with Crippen LogP contribution < -0.4 is 5.43 Å². The average Bonchev–Trinajstić information content (AvgIpc) is 2.88. The Labute approximate surface area is 104 Å². The summed E-state index contributed by atoms with van der Waals surface area (Å²) in [5.74, 6) is 0.773. The smallest absolute Gasteiger partial charge is 0.183 e. The molecule has 0 amide bonds. The highest BCUT2D eigenvalue weighted by molar-refractivity contribution is 7.99. The van der Waals surface area contributed by atoms with Crippen LogP contribution in [-0.2, 0) is 0 Å². The molecule has 0 bridgehead atoms. The topological polar surface area (TPSA) is 66.0 Å². The van der Waals surface area contributed by atoms with Crippen LogP contribution in [0.5, 0.6) is 0 Å². The van der Waals surface area contributed by atoms with Crippen LogP contribution in [-0.4, -0.2) is 26.6 Å². The van der Waals surface area contributed by atoms with Crippen molar-refractivity contribution >= 4 is 23.2 Å². The SMILES string of the molecule is CC(CSc1ncn[nH]1)=NNc1ccccc1. The fourth-order valence-corrected chi connectivity index (χ4v) is 1.79. The van der Waals surface area contributed by atoms with E-state index in [9.17, 15) is 0 Å². The van der Waals surface area contributed by atoms with Crippen LogP contribution in [0, 0.1) is 0 Å². The van der Waals surface area contributed by atoms with Gasteiger partial charge in [0.2, 0.25) is 0 Å². The van der Waals surface area contributed by atoms with Crippen LogP contribution in [0.15, 0.2) is 46.9 Å². The number of benzene rings is 1. The number of aromatic nitrogens is 3. The van der Waals surface area contributed by atoms with Crippen molar-refractivity contribution in [2.24, 2.45) is 5.10 Å². The Bertz CT molecular complexity index is 466. The van der Waals surface area contributed by atoms with Gasteiger partial charge < -0.3 is 0 Å². The van der Waals surface area contributed by atoms with Gasteiger partial charge in [0.1, 0.15) is 6.33 Å². The van der Waals surface area contributed by atoms with Gasteiger partial charge in [0, 0.05) is 11.5 Å². The highest BCUT2D eigenvalue weighted by Crippen LogP contribution is 2.11. The summed E-state index contributed by atoms with van der Waals surface area (Å²) in [7, 11) is 0. The summed E-state index contributed by atoms with van der Waals surface area (Å²) in [4.78, 5) is 4.03. The number of H-pyrrole nitrogens is 1. The monoisotopic (exact) mass is 247 g/mol. The Morgan fingerprint density at radius 3 is 2.94 bits per heavy atom. The molecule has 17 heavy (non-hydrogen) atoms. The fourth-order valence-electron chi connectivity index (χ4n) is 1.14. The molecule has 0 unspecified atom stereocenters. The van der Waals surface area contributed by atoms with Gasteiger partial charge >= 0.3 is 0 Å². The average molecular weight is 247 g/mol. The van der Waals surface area contributed by atoms with Gasteiger partial charge in [-0.25, -0.2) is 4.98 Å². The first-order chi connectivity index (χ1) is 8.34. The van der Waals surface area contributed by atoms with Gasteiger partial charge in [0.05, 0.1) is 5.69 Å². The number of hydrogen-bond donors (Lipinski definition) is 2. The number of nitrogens with zero attached hydrogens (tertiary/aromatic N) is 3. The number of thioether (sulfide) groups is 1. The summed E-state index contributed by atoms with van der Waals surface area (Å²) in [6.07, 6.45) is 1.50. The molecular weight excluding hydrogens is 234 g/mol. The van der Waals surface area contributed by atoms with Gasteiger partial charge in [-0.3, -0.25) is 10.5 Å². The van der Waals surface area contributed by atoms with Crippen molar-refractivity contribution in [3.8, 4) is 0 Å². The lowest BCUT2D eigenvalue weighted by Gasteiger charge is -2.01. The van der Waals surface area contributed by atoms with E-state index in [0.29, 0.717) is 0 Å². The second kappa shape index (κ2) is 6.05. The molecule has 0 atom stereocenters. The molecule has 88 valence electrons. The summed E-state index contributed by atoms with van der Waals surface area (Å²) in [5, 5.41) is 11.7. The van der Waals surface area contributed by atoms with Crippen LogP contribution >= 0.6 is 11.8 Å². The quantitative estimate of drug-likeness (QED) is 0.483. The Hall–Kier alpha value is -1.82. The lowest BCUT2D eigenvalue weighted by molar-refractivity contribution is 0.975. The van der Waals surface area contributed by atoms with Crippen molar-refractivity contribution in [3.05, 3.63) is 36.7 Å². The number of hydrogen-bond acceptors (Lipinski definition) is 5. The maximum absolute atomic E-state index is 4.28. The zero-order valence-electron chi connectivity index (χ0n) is 9.42. The number of nitrogens with one attached hydrogen (secondary N) is 2. The van der Waals surface area contributed by atoms with Gasteiger partial charge in [0.15, 0.2) is 5.16 Å². The molecule has 0 radical (unpaired) electrons. The van der Waals surface area contributed by atoms with Gasteiger partial charge in [-0.15, -0.1) is 0 Å². The first-order valence-electron chi connectivity index (χ1n) is 5.17. The van der Waals surface area contributed by atoms with Crippen molar-refractivity contribution in [1.29, 1.82) is 0 Å². The lowest BCUT2D eigenvalue weighted by atomic mass is 10.3. The number of rotatable bonds is 5. The molecule has 1 aromatic heterocycles. The molecule has 2 N–H and O–H groups in total. The van der Waals surface area contributed by atoms with Crippen molar-refractivity contribution < 1.29 is 0 Å². The molecule has 0 aliphatic carbocycles. The minimum atomic E-state index is 0.773. The second-order valence-electron chi connectivity index (χ2n) is 3.40. The molecule has 1 aromatic carbocycles. The van der Waals surface area contributed by atoms with Crippen molar-refractivity contribution in [1.82, 2.24) is 15.2 Å². The minimum Gasteiger partial charge on any atom is -0.279 e. The third-order valence-electron chi connectivity index (χ3n) is 1.96. The molecule has 0 saturated carbocycles. The van der Waals surface area contributed by atoms with Crippen LogP contribution in [0.2, 0.25) is 0 Å².